The lowest BCUT2D eigenvalue weighted by atomic mass is 10.2. The van der Waals surface area contributed by atoms with Crippen LogP contribution in [-0.2, 0) is 11.4 Å². The number of hydrogen-bond acceptors (Lipinski definition) is 2. The van der Waals surface area contributed by atoms with Gasteiger partial charge >= 0.3 is 0 Å². The van der Waals surface area contributed by atoms with Gasteiger partial charge in [0.15, 0.2) is 5.84 Å². The molecule has 6 heteroatoms. The molecule has 0 spiro atoms. The maximum atomic E-state index is 12.8. The van der Waals surface area contributed by atoms with Crippen LogP contribution in [0.3, 0.4) is 0 Å². The molecule has 0 aliphatic heterocycles. The Balaban J connectivity index is 2.00. The van der Waals surface area contributed by atoms with Crippen molar-refractivity contribution >= 4 is 17.4 Å². The van der Waals surface area contributed by atoms with E-state index in [-0.39, 0.29) is 23.3 Å². The Morgan fingerprint density at radius 2 is 1.75 bits per heavy atom. The second-order valence-electron chi connectivity index (χ2n) is 3.99. The van der Waals surface area contributed by atoms with Crippen molar-refractivity contribution in [3.63, 3.8) is 0 Å². The molecular formula is C14H11ClF2N2O. The first-order chi connectivity index (χ1) is 9.56. The van der Waals surface area contributed by atoms with Crippen molar-refractivity contribution in [2.75, 3.05) is 0 Å². The maximum Gasteiger partial charge on any atom is 0.170 e. The van der Waals surface area contributed by atoms with Gasteiger partial charge in [-0.3, -0.25) is 0 Å². The number of rotatable bonds is 4. The molecule has 0 bridgehead atoms. The summed E-state index contributed by atoms with van der Waals surface area (Å²) in [5.41, 5.74) is 6.81. The topological polar surface area (TPSA) is 47.6 Å². The second kappa shape index (κ2) is 6.34. The summed E-state index contributed by atoms with van der Waals surface area (Å²) in [6, 6.07) is 9.49. The van der Waals surface area contributed by atoms with Gasteiger partial charge in [-0.2, -0.15) is 0 Å². The highest BCUT2D eigenvalue weighted by molar-refractivity contribution is 6.31. The third kappa shape index (κ3) is 3.68. The molecule has 0 amide bonds. The third-order valence-corrected chi connectivity index (χ3v) is 2.89. The normalized spacial score (nSPS) is 11.4. The summed E-state index contributed by atoms with van der Waals surface area (Å²) in [5, 5.41) is 3.95. The lowest BCUT2D eigenvalue weighted by Gasteiger charge is -2.04. The SMILES string of the molecule is N/C(=N/OCc1ccc(F)cc1Cl)c1ccc(F)cc1. The Kier molecular flexibility index (Phi) is 4.53. The van der Waals surface area contributed by atoms with E-state index in [1.165, 1.54) is 42.5 Å². The Morgan fingerprint density at radius 3 is 2.40 bits per heavy atom. The number of halogens is 3. The van der Waals surface area contributed by atoms with Gasteiger partial charge in [-0.1, -0.05) is 22.8 Å². The number of hydrogen-bond donors (Lipinski definition) is 1. The quantitative estimate of drug-likeness (QED) is 0.533. The molecule has 0 heterocycles. The molecule has 20 heavy (non-hydrogen) atoms. The van der Waals surface area contributed by atoms with Crippen molar-refractivity contribution in [3.8, 4) is 0 Å². The van der Waals surface area contributed by atoms with E-state index in [1.54, 1.807) is 0 Å². The van der Waals surface area contributed by atoms with Crippen molar-refractivity contribution in [1.82, 2.24) is 0 Å². The van der Waals surface area contributed by atoms with E-state index >= 15 is 0 Å². The molecule has 2 aromatic rings. The van der Waals surface area contributed by atoms with Crippen LogP contribution in [0.4, 0.5) is 8.78 Å². The van der Waals surface area contributed by atoms with E-state index in [0.29, 0.717) is 11.1 Å². The number of benzene rings is 2. The van der Waals surface area contributed by atoms with Crippen molar-refractivity contribution in [2.24, 2.45) is 10.9 Å². The molecule has 2 N–H and O–H groups in total. The first kappa shape index (κ1) is 14.3. The van der Waals surface area contributed by atoms with Crippen LogP contribution in [0.5, 0.6) is 0 Å². The summed E-state index contributed by atoms with van der Waals surface area (Å²) >= 11 is 5.84. The molecule has 0 fully saturated rings. The molecule has 3 nitrogen and oxygen atoms in total. The van der Waals surface area contributed by atoms with E-state index in [2.05, 4.69) is 5.16 Å². The number of oxime groups is 1. The molecule has 104 valence electrons. The molecule has 0 saturated heterocycles. The Morgan fingerprint density at radius 1 is 1.10 bits per heavy atom. The van der Waals surface area contributed by atoms with E-state index in [0.717, 1.165) is 0 Å². The average molecular weight is 297 g/mol. The second-order valence-corrected chi connectivity index (χ2v) is 4.40. The van der Waals surface area contributed by atoms with Gasteiger partial charge in [-0.15, -0.1) is 0 Å². The Bertz CT molecular complexity index is 630. The molecule has 0 aliphatic carbocycles. The van der Waals surface area contributed by atoms with Crippen molar-refractivity contribution in [2.45, 2.75) is 6.61 Å². The van der Waals surface area contributed by atoms with Gasteiger partial charge in [0.2, 0.25) is 0 Å². The van der Waals surface area contributed by atoms with Crippen LogP contribution in [0.1, 0.15) is 11.1 Å². The molecule has 2 rings (SSSR count). The highest BCUT2D eigenvalue weighted by Gasteiger charge is 2.03. The van der Waals surface area contributed by atoms with Crippen LogP contribution in [0.15, 0.2) is 47.6 Å². The molecule has 0 aromatic heterocycles. The Hall–Kier alpha value is -2.14. The van der Waals surface area contributed by atoms with Crippen LogP contribution < -0.4 is 5.73 Å². The molecule has 0 saturated carbocycles. The van der Waals surface area contributed by atoms with Gasteiger partial charge in [0.1, 0.15) is 18.2 Å². The van der Waals surface area contributed by atoms with Gasteiger partial charge in [-0.25, -0.2) is 8.78 Å². The van der Waals surface area contributed by atoms with Crippen LogP contribution in [0, 0.1) is 11.6 Å². The predicted octanol–water partition coefficient (Wildman–Crippen LogP) is 3.46. The van der Waals surface area contributed by atoms with Crippen molar-refractivity contribution in [3.05, 3.63) is 70.2 Å². The highest BCUT2D eigenvalue weighted by Crippen LogP contribution is 2.18. The van der Waals surface area contributed by atoms with Gasteiger partial charge in [0.05, 0.1) is 5.02 Å². The predicted molar refractivity (Wildman–Crippen MR) is 73.3 cm³/mol. The standard InChI is InChI=1S/C14H11ClF2N2O/c15-13-7-12(17)6-3-10(13)8-20-19-14(18)9-1-4-11(16)5-2-9/h1-7H,8H2,(H2,18,19). The van der Waals surface area contributed by atoms with E-state index in [1.807, 2.05) is 0 Å². The number of amidine groups is 1. The summed E-state index contributed by atoms with van der Waals surface area (Å²) in [5.74, 6) is -0.670. The largest absolute Gasteiger partial charge is 0.389 e. The molecule has 0 unspecified atom stereocenters. The number of nitrogens with zero attached hydrogens (tertiary/aromatic N) is 1. The van der Waals surface area contributed by atoms with Crippen LogP contribution in [0.25, 0.3) is 0 Å². The highest BCUT2D eigenvalue weighted by atomic mass is 35.5. The minimum atomic E-state index is -0.423. The fourth-order valence-corrected chi connectivity index (χ4v) is 1.71. The summed E-state index contributed by atoms with van der Waals surface area (Å²) in [6.45, 7) is 0.0566. The van der Waals surface area contributed by atoms with Crippen molar-refractivity contribution < 1.29 is 13.6 Å². The zero-order valence-corrected chi connectivity index (χ0v) is 11.1. The molecule has 0 aliphatic rings. The summed E-state index contributed by atoms with van der Waals surface area (Å²) in [7, 11) is 0. The minimum Gasteiger partial charge on any atom is -0.389 e. The lowest BCUT2D eigenvalue weighted by molar-refractivity contribution is 0.130. The van der Waals surface area contributed by atoms with Gasteiger partial charge < -0.3 is 10.6 Å². The summed E-state index contributed by atoms with van der Waals surface area (Å²) in [4.78, 5) is 5.05. The fraction of sp³-hybridized carbons (Fsp3) is 0.0714. The lowest BCUT2D eigenvalue weighted by Crippen LogP contribution is -2.13. The molecule has 0 atom stereocenters. The van der Waals surface area contributed by atoms with Gasteiger partial charge in [0.25, 0.3) is 0 Å². The maximum absolute atomic E-state index is 12.8. The first-order valence-corrected chi connectivity index (χ1v) is 6.09. The van der Waals surface area contributed by atoms with E-state index < -0.39 is 5.82 Å². The van der Waals surface area contributed by atoms with E-state index in [9.17, 15) is 8.78 Å². The van der Waals surface area contributed by atoms with Crippen LogP contribution in [0.2, 0.25) is 5.02 Å². The van der Waals surface area contributed by atoms with Crippen LogP contribution >= 0.6 is 11.6 Å². The van der Waals surface area contributed by atoms with E-state index in [4.69, 9.17) is 22.2 Å². The summed E-state index contributed by atoms with van der Waals surface area (Å²) < 4.78 is 25.6. The number of nitrogens with two attached hydrogens (primary N) is 1. The van der Waals surface area contributed by atoms with Gasteiger partial charge in [0, 0.05) is 11.1 Å². The first-order valence-electron chi connectivity index (χ1n) is 5.71. The van der Waals surface area contributed by atoms with Crippen molar-refractivity contribution in [1.29, 1.82) is 0 Å². The fourth-order valence-electron chi connectivity index (χ4n) is 1.48. The summed E-state index contributed by atoms with van der Waals surface area (Å²) in [6.07, 6.45) is 0. The monoisotopic (exact) mass is 296 g/mol. The molecule has 2 aromatic carbocycles. The smallest absolute Gasteiger partial charge is 0.170 e. The molecule has 0 radical (unpaired) electrons. The van der Waals surface area contributed by atoms with Gasteiger partial charge in [-0.05, 0) is 36.4 Å². The minimum absolute atomic E-state index is 0.0566. The zero-order chi connectivity index (χ0) is 14.5. The molecular weight excluding hydrogens is 286 g/mol. The van der Waals surface area contributed by atoms with Crippen LogP contribution in [-0.4, -0.2) is 5.84 Å². The third-order valence-electron chi connectivity index (χ3n) is 2.54. The zero-order valence-electron chi connectivity index (χ0n) is 10.3. The average Bonchev–Trinajstić information content (AvgIpc) is 2.42. The Labute approximate surface area is 119 Å².